The zero-order valence-electron chi connectivity index (χ0n) is 26.5. The van der Waals surface area contributed by atoms with Crippen molar-refractivity contribution >= 4 is 51.5 Å². The first-order valence-electron chi connectivity index (χ1n) is 15.3. The Balaban J connectivity index is 0.000000236. The SMILES string of the molecule is CCc1nc2ccc(C=O)c(F)c2[nH]c1=O.CCc1nc2ccc(CN3CCN(c4ccc(C(=O)NC)nc4Cl)CC3)c(F)c2[nH]c1=O. The number of piperazine rings is 1. The smallest absolute Gasteiger partial charge is 0.270 e. The van der Waals surface area contributed by atoms with Crippen molar-refractivity contribution in [2.45, 2.75) is 33.2 Å². The molecule has 0 bridgehead atoms. The molecule has 1 aliphatic rings. The van der Waals surface area contributed by atoms with Crippen LogP contribution in [0.15, 0.2) is 46.0 Å². The highest BCUT2D eigenvalue weighted by Gasteiger charge is 2.22. The van der Waals surface area contributed by atoms with Gasteiger partial charge in [0.1, 0.15) is 28.1 Å². The Kier molecular flexibility index (Phi) is 10.5. The molecule has 0 radical (unpaired) electrons. The first-order valence-corrected chi connectivity index (χ1v) is 15.7. The fourth-order valence-electron chi connectivity index (χ4n) is 5.38. The number of aromatic amines is 2. The molecular weight excluding hydrogens is 646 g/mol. The molecule has 15 heteroatoms. The van der Waals surface area contributed by atoms with Crippen molar-refractivity contribution in [3.05, 3.63) is 102 Å². The normalized spacial score (nSPS) is 13.3. The average molecular weight is 679 g/mol. The standard InChI is InChI=1S/C22H24ClFN6O2.C11H9FN2O2/c1-3-14-22(32)28-19-15(26-14)5-4-13(18(19)24)12-29-8-10-30(11-9-29)17-7-6-16(21(31)25-2)27-20(17)23;1-2-7-11(16)14-10-8(13-7)4-3-6(5-15)9(10)12/h4-7H,3,8-12H2,1-2H3,(H,25,31)(H,28,32);3-5H,2H2,1H3,(H,14,16). The summed E-state index contributed by atoms with van der Waals surface area (Å²) in [4.78, 5) is 67.5. The van der Waals surface area contributed by atoms with Crippen molar-refractivity contribution in [2.24, 2.45) is 0 Å². The monoisotopic (exact) mass is 678 g/mol. The zero-order valence-corrected chi connectivity index (χ0v) is 27.3. The number of halogens is 3. The third-order valence-electron chi connectivity index (χ3n) is 8.05. The maximum absolute atomic E-state index is 15.1. The van der Waals surface area contributed by atoms with Crippen LogP contribution in [0.3, 0.4) is 0 Å². The van der Waals surface area contributed by atoms with Gasteiger partial charge in [-0.1, -0.05) is 31.5 Å². The van der Waals surface area contributed by atoms with Crippen LogP contribution in [0.5, 0.6) is 0 Å². The average Bonchev–Trinajstić information content (AvgIpc) is 3.10. The first kappa shape index (κ1) is 34.3. The van der Waals surface area contributed by atoms with E-state index in [1.165, 1.54) is 12.1 Å². The molecule has 1 saturated heterocycles. The van der Waals surface area contributed by atoms with Crippen LogP contribution in [0.2, 0.25) is 5.15 Å². The predicted molar refractivity (Wildman–Crippen MR) is 179 cm³/mol. The van der Waals surface area contributed by atoms with Crippen LogP contribution in [0.1, 0.15) is 51.6 Å². The van der Waals surface area contributed by atoms with Gasteiger partial charge in [0.25, 0.3) is 17.0 Å². The van der Waals surface area contributed by atoms with Gasteiger partial charge in [0.2, 0.25) is 0 Å². The molecule has 12 nitrogen and oxygen atoms in total. The van der Waals surface area contributed by atoms with Crippen LogP contribution in [-0.4, -0.2) is 75.2 Å². The lowest BCUT2D eigenvalue weighted by Gasteiger charge is -2.36. The number of benzene rings is 2. The number of aromatic nitrogens is 5. The number of carbonyl (C=O) groups is 2. The number of anilines is 1. The van der Waals surface area contributed by atoms with Gasteiger partial charge >= 0.3 is 0 Å². The minimum Gasteiger partial charge on any atom is -0.366 e. The number of hydrogen-bond donors (Lipinski definition) is 3. The van der Waals surface area contributed by atoms with Crippen molar-refractivity contribution in [1.29, 1.82) is 0 Å². The molecule has 2 aromatic carbocycles. The van der Waals surface area contributed by atoms with Crippen LogP contribution in [0.4, 0.5) is 14.5 Å². The molecule has 1 fully saturated rings. The number of nitrogens with one attached hydrogen (secondary N) is 3. The Bertz CT molecular complexity index is 2130. The molecule has 6 rings (SSSR count). The lowest BCUT2D eigenvalue weighted by atomic mass is 10.1. The number of aryl methyl sites for hydroxylation is 2. The maximum Gasteiger partial charge on any atom is 0.270 e. The Morgan fingerprint density at radius 1 is 0.875 bits per heavy atom. The highest BCUT2D eigenvalue weighted by atomic mass is 35.5. The third kappa shape index (κ3) is 7.09. The largest absolute Gasteiger partial charge is 0.366 e. The Morgan fingerprint density at radius 3 is 2.00 bits per heavy atom. The summed E-state index contributed by atoms with van der Waals surface area (Å²) in [7, 11) is 1.54. The van der Waals surface area contributed by atoms with E-state index in [4.69, 9.17) is 11.6 Å². The predicted octanol–water partition coefficient (Wildman–Crippen LogP) is 3.79. The van der Waals surface area contributed by atoms with Crippen LogP contribution >= 0.6 is 11.6 Å². The Morgan fingerprint density at radius 2 is 1.46 bits per heavy atom. The summed E-state index contributed by atoms with van der Waals surface area (Å²) >= 11 is 6.31. The molecule has 0 saturated carbocycles. The van der Waals surface area contributed by atoms with E-state index in [9.17, 15) is 23.6 Å². The van der Waals surface area contributed by atoms with Crippen molar-refractivity contribution < 1.29 is 18.4 Å². The second-order valence-corrected chi connectivity index (χ2v) is 11.4. The van der Waals surface area contributed by atoms with Gasteiger partial charge in [0.05, 0.1) is 22.3 Å². The molecule has 3 aromatic heterocycles. The molecule has 0 unspecified atom stereocenters. The van der Waals surface area contributed by atoms with Gasteiger partial charge in [-0.3, -0.25) is 24.1 Å². The summed E-state index contributed by atoms with van der Waals surface area (Å²) < 4.78 is 28.7. The highest BCUT2D eigenvalue weighted by molar-refractivity contribution is 6.32. The van der Waals surface area contributed by atoms with Gasteiger partial charge in [-0.15, -0.1) is 0 Å². The van der Waals surface area contributed by atoms with E-state index in [0.29, 0.717) is 79.8 Å². The van der Waals surface area contributed by atoms with Crippen molar-refractivity contribution in [1.82, 2.24) is 35.1 Å². The molecule has 1 amide bonds. The first-order chi connectivity index (χ1) is 23.1. The lowest BCUT2D eigenvalue weighted by Crippen LogP contribution is -2.46. The molecule has 48 heavy (non-hydrogen) atoms. The quantitative estimate of drug-likeness (QED) is 0.172. The number of amides is 1. The van der Waals surface area contributed by atoms with E-state index in [-0.39, 0.29) is 38.9 Å². The zero-order chi connectivity index (χ0) is 34.5. The number of pyridine rings is 1. The van der Waals surface area contributed by atoms with E-state index in [0.717, 1.165) is 5.69 Å². The summed E-state index contributed by atoms with van der Waals surface area (Å²) in [5.74, 6) is -1.46. The molecule has 0 aliphatic carbocycles. The third-order valence-corrected chi connectivity index (χ3v) is 8.33. The number of hydrogen-bond acceptors (Lipinski definition) is 9. The minimum atomic E-state index is -0.736. The fraction of sp³-hybridized carbons (Fsp3) is 0.303. The van der Waals surface area contributed by atoms with E-state index < -0.39 is 17.2 Å². The molecule has 1 aliphatic heterocycles. The fourth-order valence-corrected chi connectivity index (χ4v) is 5.65. The summed E-state index contributed by atoms with van der Waals surface area (Å²) in [6.45, 7) is 6.84. The van der Waals surface area contributed by atoms with E-state index >= 15 is 4.39 Å². The topological polar surface area (TPSA) is 157 Å². The highest BCUT2D eigenvalue weighted by Crippen LogP contribution is 2.26. The number of aldehydes is 1. The summed E-state index contributed by atoms with van der Waals surface area (Å²) in [5, 5.41) is 2.81. The van der Waals surface area contributed by atoms with Crippen molar-refractivity contribution in [3.63, 3.8) is 0 Å². The minimum absolute atomic E-state index is 0.0215. The van der Waals surface area contributed by atoms with Crippen LogP contribution in [0, 0.1) is 11.6 Å². The summed E-state index contributed by atoms with van der Waals surface area (Å²) in [6.07, 6.45) is 1.37. The Hall–Kier alpha value is -5.08. The van der Waals surface area contributed by atoms with Gasteiger partial charge in [0.15, 0.2) is 23.1 Å². The molecular formula is C33H33ClF2N8O4. The number of carbonyl (C=O) groups excluding carboxylic acids is 2. The molecule has 0 spiro atoms. The van der Waals surface area contributed by atoms with Crippen molar-refractivity contribution in [2.75, 3.05) is 38.1 Å². The van der Waals surface area contributed by atoms with E-state index in [2.05, 4.69) is 40.0 Å². The second kappa shape index (κ2) is 14.8. The van der Waals surface area contributed by atoms with Crippen LogP contribution in [0.25, 0.3) is 22.1 Å². The van der Waals surface area contributed by atoms with Gasteiger partial charge in [-0.25, -0.2) is 23.7 Å². The molecule has 3 N–H and O–H groups in total. The number of rotatable bonds is 7. The molecule has 250 valence electrons. The van der Waals surface area contributed by atoms with Crippen molar-refractivity contribution in [3.8, 4) is 0 Å². The molecule has 0 atom stereocenters. The Labute approximate surface area is 278 Å². The van der Waals surface area contributed by atoms with Gasteiger partial charge in [-0.2, -0.15) is 0 Å². The van der Waals surface area contributed by atoms with E-state index in [1.54, 1.807) is 38.2 Å². The molecule has 4 heterocycles. The van der Waals surface area contributed by atoms with E-state index in [1.807, 2.05) is 6.92 Å². The van der Waals surface area contributed by atoms with Crippen LogP contribution in [-0.2, 0) is 19.4 Å². The number of H-pyrrole nitrogens is 2. The summed E-state index contributed by atoms with van der Waals surface area (Å²) in [5.41, 5.74) is 2.38. The van der Waals surface area contributed by atoms with Gasteiger partial charge in [0, 0.05) is 45.3 Å². The number of fused-ring (bicyclic) bond motifs is 2. The van der Waals surface area contributed by atoms with Gasteiger partial charge in [-0.05, 0) is 43.2 Å². The number of nitrogens with zero attached hydrogens (tertiary/aromatic N) is 5. The second-order valence-electron chi connectivity index (χ2n) is 11.0. The molecule has 5 aromatic rings. The lowest BCUT2D eigenvalue weighted by molar-refractivity contribution is 0.0958. The van der Waals surface area contributed by atoms with Crippen LogP contribution < -0.4 is 21.3 Å². The van der Waals surface area contributed by atoms with Gasteiger partial charge < -0.3 is 20.2 Å². The summed E-state index contributed by atoms with van der Waals surface area (Å²) in [6, 6.07) is 9.78. The maximum atomic E-state index is 15.1.